The van der Waals surface area contributed by atoms with E-state index >= 15 is 0 Å². The second-order valence-corrected chi connectivity index (χ2v) is 7.69. The van der Waals surface area contributed by atoms with Crippen LogP contribution >= 0.6 is 11.3 Å². The Kier molecular flexibility index (Phi) is 6.04. The van der Waals surface area contributed by atoms with Gasteiger partial charge in [-0.3, -0.25) is 0 Å². The van der Waals surface area contributed by atoms with Crippen LogP contribution in [0.3, 0.4) is 0 Å². The first-order valence-electron chi connectivity index (χ1n) is 8.83. The summed E-state index contributed by atoms with van der Waals surface area (Å²) >= 11 is 1.11. The van der Waals surface area contributed by atoms with Gasteiger partial charge in [-0.2, -0.15) is 13.2 Å². The smallest absolute Gasteiger partial charge is 0.416 e. The van der Waals surface area contributed by atoms with Crippen molar-refractivity contribution in [2.24, 2.45) is 5.92 Å². The Bertz CT molecular complexity index is 798. The van der Waals surface area contributed by atoms with Gasteiger partial charge in [-0.25, -0.2) is 9.78 Å². The fourth-order valence-electron chi connectivity index (χ4n) is 3.25. The molecule has 0 spiro atoms. The van der Waals surface area contributed by atoms with Gasteiger partial charge in [0.2, 0.25) is 0 Å². The molecule has 1 fully saturated rings. The van der Waals surface area contributed by atoms with Crippen LogP contribution in [0, 0.1) is 5.92 Å². The summed E-state index contributed by atoms with van der Waals surface area (Å²) in [5.41, 5.74) is -0.490. The molecule has 4 nitrogen and oxygen atoms in total. The van der Waals surface area contributed by atoms with E-state index in [4.69, 9.17) is 9.84 Å². The molecule has 0 aliphatic heterocycles. The number of carboxylic acid groups (broad SMARTS) is 1. The summed E-state index contributed by atoms with van der Waals surface area (Å²) in [6, 6.07) is 3.44. The van der Waals surface area contributed by atoms with Crippen molar-refractivity contribution in [3.8, 4) is 5.75 Å². The molecule has 1 N–H and O–H groups in total. The van der Waals surface area contributed by atoms with Crippen LogP contribution in [0.4, 0.5) is 13.2 Å². The lowest BCUT2D eigenvalue weighted by Crippen LogP contribution is -2.16. The Labute approximate surface area is 159 Å². The Hall–Kier alpha value is -2.09. The summed E-state index contributed by atoms with van der Waals surface area (Å²) in [7, 11) is 0. The minimum absolute atomic E-state index is 0.0991. The van der Waals surface area contributed by atoms with E-state index in [0.717, 1.165) is 49.2 Å². The predicted octanol–water partition coefficient (Wildman–Crippen LogP) is 5.41. The summed E-state index contributed by atoms with van der Waals surface area (Å²) in [5.74, 6) is -0.330. The molecule has 0 unspecified atom stereocenters. The molecule has 1 aliphatic carbocycles. The average Bonchev–Trinajstić information content (AvgIpc) is 3.09. The van der Waals surface area contributed by atoms with Crippen molar-refractivity contribution in [3.05, 3.63) is 45.4 Å². The number of aromatic nitrogens is 1. The van der Waals surface area contributed by atoms with Gasteiger partial charge in [0.25, 0.3) is 0 Å². The molecule has 0 radical (unpaired) electrons. The summed E-state index contributed by atoms with van der Waals surface area (Å²) < 4.78 is 45.1. The van der Waals surface area contributed by atoms with Crippen LogP contribution < -0.4 is 4.74 Å². The van der Waals surface area contributed by atoms with E-state index in [1.54, 1.807) is 0 Å². The van der Waals surface area contributed by atoms with Gasteiger partial charge in [0.15, 0.2) is 5.69 Å². The molecular formula is C19H20F3NO3S. The van der Waals surface area contributed by atoms with Gasteiger partial charge >= 0.3 is 12.1 Å². The highest BCUT2D eigenvalue weighted by Crippen LogP contribution is 2.34. The van der Waals surface area contributed by atoms with Gasteiger partial charge < -0.3 is 9.84 Å². The number of nitrogens with zero attached hydrogens (tertiary/aromatic N) is 1. The number of aromatic carboxylic acids is 1. The monoisotopic (exact) mass is 399 g/mol. The number of thiazole rings is 1. The lowest BCUT2D eigenvalue weighted by atomic mass is 9.90. The van der Waals surface area contributed by atoms with Crippen LogP contribution in [0.25, 0.3) is 0 Å². The van der Waals surface area contributed by atoms with Gasteiger partial charge in [-0.05, 0) is 37.0 Å². The third-order valence-electron chi connectivity index (χ3n) is 4.70. The molecule has 0 bridgehead atoms. The minimum atomic E-state index is -4.45. The summed E-state index contributed by atoms with van der Waals surface area (Å²) in [6.45, 7) is 0.483. The number of alkyl halides is 3. The van der Waals surface area contributed by atoms with E-state index in [2.05, 4.69) is 4.98 Å². The highest BCUT2D eigenvalue weighted by atomic mass is 32.1. The van der Waals surface area contributed by atoms with E-state index in [1.165, 1.54) is 17.9 Å². The third-order valence-corrected chi connectivity index (χ3v) is 5.55. The van der Waals surface area contributed by atoms with E-state index in [1.807, 2.05) is 0 Å². The van der Waals surface area contributed by atoms with Crippen molar-refractivity contribution in [3.63, 3.8) is 0 Å². The lowest BCUT2D eigenvalue weighted by molar-refractivity contribution is -0.137. The number of carboxylic acids is 1. The number of carbonyl (C=O) groups is 1. The van der Waals surface area contributed by atoms with Crippen LogP contribution in [-0.4, -0.2) is 22.7 Å². The van der Waals surface area contributed by atoms with Crippen LogP contribution in [0.2, 0.25) is 0 Å². The normalized spacial score (nSPS) is 15.7. The molecule has 8 heteroatoms. The van der Waals surface area contributed by atoms with Crippen molar-refractivity contribution in [2.75, 3.05) is 6.61 Å². The van der Waals surface area contributed by atoms with Crippen LogP contribution in [0.15, 0.2) is 23.6 Å². The topological polar surface area (TPSA) is 59.4 Å². The molecule has 1 heterocycles. The average molecular weight is 399 g/mol. The Morgan fingerprint density at radius 1 is 1.26 bits per heavy atom. The van der Waals surface area contributed by atoms with E-state index in [0.29, 0.717) is 28.8 Å². The van der Waals surface area contributed by atoms with Gasteiger partial charge in [-0.1, -0.05) is 19.3 Å². The molecule has 1 aliphatic rings. The molecular weight excluding hydrogens is 379 g/mol. The number of ether oxygens (including phenoxy) is 1. The van der Waals surface area contributed by atoms with E-state index < -0.39 is 17.7 Å². The first-order chi connectivity index (χ1) is 12.8. The summed E-state index contributed by atoms with van der Waals surface area (Å²) in [5, 5.41) is 10.8. The molecule has 0 amide bonds. The highest BCUT2D eigenvalue weighted by molar-refractivity contribution is 7.09. The van der Waals surface area contributed by atoms with Crippen molar-refractivity contribution in [2.45, 2.75) is 44.7 Å². The molecule has 0 atom stereocenters. The van der Waals surface area contributed by atoms with Crippen molar-refractivity contribution in [1.82, 2.24) is 4.98 Å². The molecule has 1 aromatic heterocycles. The Morgan fingerprint density at radius 2 is 2.00 bits per heavy atom. The predicted molar refractivity (Wildman–Crippen MR) is 95.4 cm³/mol. The van der Waals surface area contributed by atoms with Crippen molar-refractivity contribution >= 4 is 17.3 Å². The minimum Gasteiger partial charge on any atom is -0.493 e. The van der Waals surface area contributed by atoms with E-state index in [9.17, 15) is 18.0 Å². The third kappa shape index (κ3) is 5.22. The second kappa shape index (κ2) is 8.29. The number of hydrogen-bond donors (Lipinski definition) is 1. The molecule has 0 saturated heterocycles. The molecule has 1 saturated carbocycles. The fraction of sp³-hybridized carbons (Fsp3) is 0.474. The summed E-state index contributed by atoms with van der Waals surface area (Å²) in [6.07, 6.45) is 1.33. The maximum Gasteiger partial charge on any atom is 0.416 e. The Morgan fingerprint density at radius 3 is 2.63 bits per heavy atom. The number of hydrogen-bond acceptors (Lipinski definition) is 4. The highest BCUT2D eigenvalue weighted by Gasteiger charge is 2.31. The first kappa shape index (κ1) is 19.7. The maximum absolute atomic E-state index is 13.1. The fourth-order valence-corrected chi connectivity index (χ4v) is 4.04. The lowest BCUT2D eigenvalue weighted by Gasteiger charge is -2.22. The molecule has 27 heavy (non-hydrogen) atoms. The Balaban J connectivity index is 1.81. The number of benzene rings is 1. The van der Waals surface area contributed by atoms with Crippen LogP contribution in [0.5, 0.6) is 5.75 Å². The zero-order valence-electron chi connectivity index (χ0n) is 14.6. The first-order valence-corrected chi connectivity index (χ1v) is 9.71. The van der Waals surface area contributed by atoms with Crippen molar-refractivity contribution in [1.29, 1.82) is 0 Å². The largest absolute Gasteiger partial charge is 0.493 e. The van der Waals surface area contributed by atoms with Gasteiger partial charge in [0.1, 0.15) is 5.75 Å². The van der Waals surface area contributed by atoms with Crippen LogP contribution in [-0.2, 0) is 12.6 Å². The van der Waals surface area contributed by atoms with Gasteiger partial charge in [0.05, 0.1) is 17.2 Å². The molecule has 1 aromatic carbocycles. The second-order valence-electron chi connectivity index (χ2n) is 6.74. The molecule has 3 rings (SSSR count). The van der Waals surface area contributed by atoms with Gasteiger partial charge in [-0.15, -0.1) is 11.3 Å². The quantitative estimate of drug-likeness (QED) is 0.706. The number of rotatable bonds is 6. The zero-order chi connectivity index (χ0) is 19.4. The van der Waals surface area contributed by atoms with Crippen LogP contribution in [0.1, 0.15) is 58.7 Å². The maximum atomic E-state index is 13.1. The number of halogens is 3. The zero-order valence-corrected chi connectivity index (χ0v) is 15.4. The molecule has 2 aromatic rings. The van der Waals surface area contributed by atoms with Gasteiger partial charge in [0, 0.05) is 17.4 Å². The SMILES string of the molecule is O=C(O)c1csc(Cc2cc(C(F)(F)F)ccc2OCC2CCCCC2)n1. The van der Waals surface area contributed by atoms with Crippen molar-refractivity contribution < 1.29 is 27.8 Å². The standard InChI is InChI=1S/C19H20F3NO3S/c20-19(21,22)14-6-7-16(26-10-12-4-2-1-3-5-12)13(8-14)9-17-23-15(11-27-17)18(24)25/h6-8,11-12H,1-5,9-10H2,(H,24,25). The van der Waals surface area contributed by atoms with E-state index in [-0.39, 0.29) is 12.1 Å². The molecule has 146 valence electrons. The summed E-state index contributed by atoms with van der Waals surface area (Å²) in [4.78, 5) is 14.9.